The van der Waals surface area contributed by atoms with Crippen LogP contribution < -0.4 is 10.2 Å². The van der Waals surface area contributed by atoms with Crippen molar-refractivity contribution in [2.45, 2.75) is 33.7 Å². The van der Waals surface area contributed by atoms with Crippen molar-refractivity contribution in [1.82, 2.24) is 5.32 Å². The van der Waals surface area contributed by atoms with Crippen molar-refractivity contribution in [1.29, 1.82) is 0 Å². The van der Waals surface area contributed by atoms with Gasteiger partial charge >= 0.3 is 0 Å². The van der Waals surface area contributed by atoms with Gasteiger partial charge in [-0.1, -0.05) is 26.8 Å². The number of halogens is 1. The minimum Gasteiger partial charge on any atom is -0.369 e. The molecule has 0 radical (unpaired) electrons. The van der Waals surface area contributed by atoms with Gasteiger partial charge in [-0.2, -0.15) is 0 Å². The van der Waals surface area contributed by atoms with Crippen LogP contribution in [0.1, 0.15) is 32.8 Å². The Bertz CT molecular complexity index is 417. The molecule has 3 heteroatoms. The zero-order valence-electron chi connectivity index (χ0n) is 12.2. The fourth-order valence-electron chi connectivity index (χ4n) is 2.74. The molecule has 1 aromatic carbocycles. The minimum atomic E-state index is -0.0835. The van der Waals surface area contributed by atoms with E-state index in [0.717, 1.165) is 37.4 Å². The van der Waals surface area contributed by atoms with Gasteiger partial charge in [-0.25, -0.2) is 4.39 Å². The van der Waals surface area contributed by atoms with Gasteiger partial charge in [0, 0.05) is 19.6 Å². The summed E-state index contributed by atoms with van der Waals surface area (Å²) < 4.78 is 14.2. The first-order chi connectivity index (χ1) is 9.11. The Kier molecular flexibility index (Phi) is 4.81. The standard InChI is InChI=1S/C16H25FN2/c1-4-18-10-13-5-6-16(15(17)9-13)19-8-7-14(11-19)12(2)3/h5-6,9,12,14,18H,4,7-8,10-11H2,1-3H3. The minimum absolute atomic E-state index is 0.0835. The third kappa shape index (κ3) is 3.47. The Morgan fingerprint density at radius 1 is 1.42 bits per heavy atom. The van der Waals surface area contributed by atoms with E-state index in [4.69, 9.17) is 0 Å². The average Bonchev–Trinajstić information content (AvgIpc) is 2.86. The number of hydrogen-bond acceptors (Lipinski definition) is 2. The number of hydrogen-bond donors (Lipinski definition) is 1. The van der Waals surface area contributed by atoms with E-state index < -0.39 is 0 Å². The van der Waals surface area contributed by atoms with Gasteiger partial charge in [0.15, 0.2) is 0 Å². The van der Waals surface area contributed by atoms with Crippen molar-refractivity contribution in [3.63, 3.8) is 0 Å². The van der Waals surface area contributed by atoms with E-state index in [2.05, 4.69) is 31.0 Å². The molecule has 0 amide bonds. The summed E-state index contributed by atoms with van der Waals surface area (Å²) in [4.78, 5) is 2.19. The molecule has 1 atom stereocenters. The molecular weight excluding hydrogens is 239 g/mol. The van der Waals surface area contributed by atoms with Crippen molar-refractivity contribution >= 4 is 5.69 Å². The second kappa shape index (κ2) is 6.38. The first-order valence-corrected chi connectivity index (χ1v) is 7.36. The smallest absolute Gasteiger partial charge is 0.146 e. The highest BCUT2D eigenvalue weighted by molar-refractivity contribution is 5.50. The molecule has 0 aromatic heterocycles. The average molecular weight is 264 g/mol. The normalized spacial score (nSPS) is 19.4. The Balaban J connectivity index is 2.05. The summed E-state index contributed by atoms with van der Waals surface area (Å²) in [6, 6.07) is 5.63. The summed E-state index contributed by atoms with van der Waals surface area (Å²) >= 11 is 0. The van der Waals surface area contributed by atoms with Crippen molar-refractivity contribution in [2.75, 3.05) is 24.5 Å². The lowest BCUT2D eigenvalue weighted by molar-refractivity contribution is 0.422. The highest BCUT2D eigenvalue weighted by atomic mass is 19.1. The van der Waals surface area contributed by atoms with Gasteiger partial charge in [0.1, 0.15) is 5.82 Å². The van der Waals surface area contributed by atoms with Gasteiger partial charge in [0.2, 0.25) is 0 Å². The van der Waals surface area contributed by atoms with Gasteiger partial charge < -0.3 is 10.2 Å². The van der Waals surface area contributed by atoms with Crippen LogP contribution >= 0.6 is 0 Å². The van der Waals surface area contributed by atoms with Crippen LogP contribution in [0.2, 0.25) is 0 Å². The first kappa shape index (κ1) is 14.3. The van der Waals surface area contributed by atoms with Gasteiger partial charge in [0.05, 0.1) is 5.69 Å². The maximum absolute atomic E-state index is 14.2. The van der Waals surface area contributed by atoms with Gasteiger partial charge in [-0.15, -0.1) is 0 Å². The predicted octanol–water partition coefficient (Wildman–Crippen LogP) is 3.42. The topological polar surface area (TPSA) is 15.3 Å². The molecule has 2 rings (SSSR count). The van der Waals surface area contributed by atoms with E-state index >= 15 is 0 Å². The number of rotatable bonds is 5. The molecule has 1 N–H and O–H groups in total. The molecular formula is C16H25FN2. The summed E-state index contributed by atoms with van der Waals surface area (Å²) in [5.74, 6) is 1.29. The fourth-order valence-corrected chi connectivity index (χ4v) is 2.74. The largest absolute Gasteiger partial charge is 0.369 e. The molecule has 19 heavy (non-hydrogen) atoms. The van der Waals surface area contributed by atoms with Crippen LogP contribution in [-0.4, -0.2) is 19.6 Å². The summed E-state index contributed by atoms with van der Waals surface area (Å²) in [6.07, 6.45) is 1.18. The van der Waals surface area contributed by atoms with Crippen LogP contribution in [0.3, 0.4) is 0 Å². The SMILES string of the molecule is CCNCc1ccc(N2CCC(C(C)C)C2)c(F)c1. The first-order valence-electron chi connectivity index (χ1n) is 7.36. The van der Waals surface area contributed by atoms with E-state index in [-0.39, 0.29) is 5.82 Å². The Hall–Kier alpha value is -1.09. The molecule has 1 saturated heterocycles. The third-order valence-corrected chi connectivity index (χ3v) is 4.10. The predicted molar refractivity (Wildman–Crippen MR) is 78.9 cm³/mol. The lowest BCUT2D eigenvalue weighted by Crippen LogP contribution is -2.22. The number of anilines is 1. The van der Waals surface area contributed by atoms with E-state index in [1.54, 1.807) is 6.07 Å². The van der Waals surface area contributed by atoms with Crippen molar-refractivity contribution in [3.05, 3.63) is 29.6 Å². The molecule has 106 valence electrons. The number of nitrogens with zero attached hydrogens (tertiary/aromatic N) is 1. The van der Waals surface area contributed by atoms with Crippen LogP contribution in [0, 0.1) is 17.7 Å². The van der Waals surface area contributed by atoms with Gasteiger partial charge in [-0.05, 0) is 42.5 Å². The molecule has 1 heterocycles. The monoisotopic (exact) mass is 264 g/mol. The zero-order chi connectivity index (χ0) is 13.8. The fraction of sp³-hybridized carbons (Fsp3) is 0.625. The van der Waals surface area contributed by atoms with Crippen LogP contribution in [0.15, 0.2) is 18.2 Å². The van der Waals surface area contributed by atoms with Crippen LogP contribution in [-0.2, 0) is 6.54 Å². The molecule has 1 unspecified atom stereocenters. The molecule has 2 nitrogen and oxygen atoms in total. The van der Waals surface area contributed by atoms with Crippen molar-refractivity contribution in [3.8, 4) is 0 Å². The molecule has 0 aliphatic carbocycles. The summed E-state index contributed by atoms with van der Waals surface area (Å²) in [6.45, 7) is 10.2. The van der Waals surface area contributed by atoms with Crippen LogP contribution in [0.4, 0.5) is 10.1 Å². The molecule has 0 bridgehead atoms. The highest BCUT2D eigenvalue weighted by Crippen LogP contribution is 2.30. The lowest BCUT2D eigenvalue weighted by atomic mass is 9.95. The second-order valence-electron chi connectivity index (χ2n) is 5.80. The molecule has 1 fully saturated rings. The van der Waals surface area contributed by atoms with Crippen LogP contribution in [0.25, 0.3) is 0 Å². The van der Waals surface area contributed by atoms with Crippen LogP contribution in [0.5, 0.6) is 0 Å². The quantitative estimate of drug-likeness (QED) is 0.876. The number of nitrogens with one attached hydrogen (secondary N) is 1. The maximum Gasteiger partial charge on any atom is 0.146 e. The molecule has 0 spiro atoms. The molecule has 0 saturated carbocycles. The highest BCUT2D eigenvalue weighted by Gasteiger charge is 2.26. The zero-order valence-corrected chi connectivity index (χ0v) is 12.2. The maximum atomic E-state index is 14.2. The molecule has 1 aromatic rings. The lowest BCUT2D eigenvalue weighted by Gasteiger charge is -2.21. The number of benzene rings is 1. The molecule has 1 aliphatic heterocycles. The van der Waals surface area contributed by atoms with Crippen molar-refractivity contribution in [2.24, 2.45) is 11.8 Å². The van der Waals surface area contributed by atoms with E-state index in [1.807, 2.05) is 12.1 Å². The van der Waals surface area contributed by atoms with Gasteiger partial charge in [-0.3, -0.25) is 0 Å². The van der Waals surface area contributed by atoms with Gasteiger partial charge in [0.25, 0.3) is 0 Å². The summed E-state index contributed by atoms with van der Waals surface area (Å²) in [5, 5.41) is 3.22. The summed E-state index contributed by atoms with van der Waals surface area (Å²) in [7, 11) is 0. The second-order valence-corrected chi connectivity index (χ2v) is 5.80. The van der Waals surface area contributed by atoms with E-state index in [9.17, 15) is 4.39 Å². The van der Waals surface area contributed by atoms with E-state index in [1.165, 1.54) is 6.42 Å². The Labute approximate surface area is 116 Å². The Morgan fingerprint density at radius 2 is 2.21 bits per heavy atom. The summed E-state index contributed by atoms with van der Waals surface area (Å²) in [5.41, 5.74) is 1.78. The third-order valence-electron chi connectivity index (χ3n) is 4.10. The Morgan fingerprint density at radius 3 is 2.79 bits per heavy atom. The van der Waals surface area contributed by atoms with E-state index in [0.29, 0.717) is 11.8 Å². The van der Waals surface area contributed by atoms with Crippen molar-refractivity contribution < 1.29 is 4.39 Å². The molecule has 1 aliphatic rings.